The van der Waals surface area contributed by atoms with Crippen LogP contribution in [-0.2, 0) is 13.2 Å². The molecule has 0 saturated heterocycles. The van der Waals surface area contributed by atoms with Gasteiger partial charge in [-0.05, 0) is 42.9 Å². The summed E-state index contributed by atoms with van der Waals surface area (Å²) in [5.41, 5.74) is 1.35. The molecule has 106 valence electrons. The molecule has 0 aromatic heterocycles. The maximum absolute atomic E-state index is 13.7. The molecule has 0 radical (unpaired) electrons. The Bertz CT molecular complexity index is 604. The smallest absolute Gasteiger partial charge is 0.165 e. The molecule has 0 aliphatic heterocycles. The van der Waals surface area contributed by atoms with Crippen molar-refractivity contribution < 1.29 is 13.5 Å². The first kappa shape index (κ1) is 14.9. The predicted molar refractivity (Wildman–Crippen MR) is 77.6 cm³/mol. The Hall–Kier alpha value is -1.46. The molecule has 0 atom stereocenters. The summed E-state index contributed by atoms with van der Waals surface area (Å²) in [5.74, 6) is -0.738. The third-order valence-electron chi connectivity index (χ3n) is 2.77. The summed E-state index contributed by atoms with van der Waals surface area (Å²) < 4.78 is 33.3. The molecule has 0 aliphatic rings. The first-order valence-corrected chi connectivity index (χ1v) is 6.89. The molecule has 0 saturated carbocycles. The Kier molecular flexibility index (Phi) is 5.09. The van der Waals surface area contributed by atoms with Gasteiger partial charge >= 0.3 is 0 Å². The largest absolute Gasteiger partial charge is 0.486 e. The first-order chi connectivity index (χ1) is 9.60. The van der Waals surface area contributed by atoms with Crippen molar-refractivity contribution in [1.82, 2.24) is 5.32 Å². The highest BCUT2D eigenvalue weighted by molar-refractivity contribution is 9.10. The summed E-state index contributed by atoms with van der Waals surface area (Å²) in [6, 6.07) is 9.20. The monoisotopic (exact) mass is 341 g/mol. The fraction of sp³-hybridized carbons (Fsp3) is 0.200. The van der Waals surface area contributed by atoms with E-state index in [0.29, 0.717) is 16.6 Å². The topological polar surface area (TPSA) is 21.3 Å². The van der Waals surface area contributed by atoms with Crippen LogP contribution in [0.2, 0.25) is 0 Å². The third-order valence-corrected chi connectivity index (χ3v) is 3.26. The first-order valence-electron chi connectivity index (χ1n) is 6.10. The van der Waals surface area contributed by atoms with Gasteiger partial charge in [0.15, 0.2) is 11.6 Å². The number of hydrogen-bond donors (Lipinski definition) is 1. The fourth-order valence-corrected chi connectivity index (χ4v) is 2.14. The zero-order valence-corrected chi connectivity index (χ0v) is 12.5. The van der Waals surface area contributed by atoms with E-state index in [9.17, 15) is 8.78 Å². The van der Waals surface area contributed by atoms with E-state index < -0.39 is 5.82 Å². The van der Waals surface area contributed by atoms with E-state index in [1.54, 1.807) is 18.2 Å². The molecule has 0 heterocycles. The summed E-state index contributed by atoms with van der Waals surface area (Å²) >= 11 is 3.24. The quantitative estimate of drug-likeness (QED) is 0.886. The van der Waals surface area contributed by atoms with Gasteiger partial charge in [0, 0.05) is 16.6 Å². The lowest BCUT2D eigenvalue weighted by molar-refractivity contribution is 0.284. The molecular formula is C15H14BrF2NO. The van der Waals surface area contributed by atoms with Crippen molar-refractivity contribution in [3.63, 3.8) is 0 Å². The van der Waals surface area contributed by atoms with E-state index >= 15 is 0 Å². The SMILES string of the molecule is CNCc1ccc(F)c(COc2cc(Br)ccc2F)c1. The fourth-order valence-electron chi connectivity index (χ4n) is 1.80. The van der Waals surface area contributed by atoms with Crippen LogP contribution in [-0.4, -0.2) is 7.05 Å². The maximum Gasteiger partial charge on any atom is 0.165 e. The molecule has 0 unspecified atom stereocenters. The highest BCUT2D eigenvalue weighted by Crippen LogP contribution is 2.23. The molecule has 0 fully saturated rings. The van der Waals surface area contributed by atoms with Gasteiger partial charge < -0.3 is 10.1 Å². The zero-order valence-electron chi connectivity index (χ0n) is 10.9. The van der Waals surface area contributed by atoms with Crippen LogP contribution in [0.4, 0.5) is 8.78 Å². The van der Waals surface area contributed by atoms with Crippen molar-refractivity contribution in [3.05, 3.63) is 63.6 Å². The number of halogens is 3. The summed E-state index contributed by atoms with van der Waals surface area (Å²) in [5, 5.41) is 2.99. The minimum Gasteiger partial charge on any atom is -0.486 e. The number of ether oxygens (including phenoxy) is 1. The Balaban J connectivity index is 2.13. The average molecular weight is 342 g/mol. The molecule has 0 amide bonds. The van der Waals surface area contributed by atoms with Crippen molar-refractivity contribution in [2.24, 2.45) is 0 Å². The van der Waals surface area contributed by atoms with E-state index in [4.69, 9.17) is 4.74 Å². The van der Waals surface area contributed by atoms with Gasteiger partial charge in [0.05, 0.1) is 0 Å². The summed E-state index contributed by atoms with van der Waals surface area (Å²) in [6.07, 6.45) is 0. The molecule has 5 heteroatoms. The van der Waals surface area contributed by atoms with Crippen molar-refractivity contribution in [2.75, 3.05) is 7.05 Å². The predicted octanol–water partition coefficient (Wildman–Crippen LogP) is 4.03. The second-order valence-electron chi connectivity index (χ2n) is 4.32. The van der Waals surface area contributed by atoms with Gasteiger partial charge in [-0.3, -0.25) is 0 Å². The van der Waals surface area contributed by atoms with E-state index in [0.717, 1.165) is 5.56 Å². The van der Waals surface area contributed by atoms with Crippen molar-refractivity contribution in [2.45, 2.75) is 13.2 Å². The lowest BCUT2D eigenvalue weighted by Crippen LogP contribution is -2.07. The summed E-state index contributed by atoms with van der Waals surface area (Å²) in [4.78, 5) is 0. The summed E-state index contributed by atoms with van der Waals surface area (Å²) in [6.45, 7) is 0.620. The van der Waals surface area contributed by atoms with Gasteiger partial charge in [0.1, 0.15) is 12.4 Å². The van der Waals surface area contributed by atoms with Crippen molar-refractivity contribution >= 4 is 15.9 Å². The van der Waals surface area contributed by atoms with Gasteiger partial charge in [-0.15, -0.1) is 0 Å². The Morgan fingerprint density at radius 1 is 1.10 bits per heavy atom. The van der Waals surface area contributed by atoms with Crippen LogP contribution in [0.25, 0.3) is 0 Å². The molecule has 0 bridgehead atoms. The van der Waals surface area contributed by atoms with Crippen molar-refractivity contribution in [1.29, 1.82) is 0 Å². The molecule has 0 aliphatic carbocycles. The molecule has 2 aromatic carbocycles. The van der Waals surface area contributed by atoms with Crippen molar-refractivity contribution in [3.8, 4) is 5.75 Å². The molecular weight excluding hydrogens is 328 g/mol. The van der Waals surface area contributed by atoms with Crippen LogP contribution in [0, 0.1) is 11.6 Å². The minimum absolute atomic E-state index is 0.0171. The van der Waals surface area contributed by atoms with Crippen LogP contribution in [0.3, 0.4) is 0 Å². The van der Waals surface area contributed by atoms with E-state index in [2.05, 4.69) is 21.2 Å². The Morgan fingerprint density at radius 3 is 2.60 bits per heavy atom. The van der Waals surface area contributed by atoms with Crippen LogP contribution < -0.4 is 10.1 Å². The van der Waals surface area contributed by atoms with E-state index in [1.807, 2.05) is 7.05 Å². The van der Waals surface area contributed by atoms with Crippen LogP contribution in [0.15, 0.2) is 40.9 Å². The third kappa shape index (κ3) is 3.77. The van der Waals surface area contributed by atoms with Gasteiger partial charge in [0.25, 0.3) is 0 Å². The number of rotatable bonds is 5. The normalized spacial score (nSPS) is 10.6. The molecule has 20 heavy (non-hydrogen) atoms. The van der Waals surface area contributed by atoms with Crippen LogP contribution >= 0.6 is 15.9 Å². The van der Waals surface area contributed by atoms with E-state index in [1.165, 1.54) is 18.2 Å². The lowest BCUT2D eigenvalue weighted by Gasteiger charge is -2.10. The number of benzene rings is 2. The Labute approximate surface area is 124 Å². The molecule has 2 rings (SSSR count). The lowest BCUT2D eigenvalue weighted by atomic mass is 10.1. The Morgan fingerprint density at radius 2 is 1.85 bits per heavy atom. The molecule has 2 nitrogen and oxygen atoms in total. The molecule has 0 spiro atoms. The van der Waals surface area contributed by atoms with Gasteiger partial charge in [-0.1, -0.05) is 22.0 Å². The van der Waals surface area contributed by atoms with Crippen LogP contribution in [0.1, 0.15) is 11.1 Å². The highest BCUT2D eigenvalue weighted by atomic mass is 79.9. The second-order valence-corrected chi connectivity index (χ2v) is 5.24. The molecule has 1 N–H and O–H groups in total. The second kappa shape index (κ2) is 6.81. The molecule has 2 aromatic rings. The summed E-state index contributed by atoms with van der Waals surface area (Å²) in [7, 11) is 1.82. The number of hydrogen-bond acceptors (Lipinski definition) is 2. The maximum atomic E-state index is 13.7. The number of nitrogens with one attached hydrogen (secondary N) is 1. The minimum atomic E-state index is -0.472. The van der Waals surface area contributed by atoms with Crippen LogP contribution in [0.5, 0.6) is 5.75 Å². The average Bonchev–Trinajstić information content (AvgIpc) is 2.43. The van der Waals surface area contributed by atoms with Gasteiger partial charge in [-0.25, -0.2) is 8.78 Å². The van der Waals surface area contributed by atoms with E-state index in [-0.39, 0.29) is 18.2 Å². The van der Waals surface area contributed by atoms with Gasteiger partial charge in [-0.2, -0.15) is 0 Å². The zero-order chi connectivity index (χ0) is 14.5. The highest BCUT2D eigenvalue weighted by Gasteiger charge is 2.08. The van der Waals surface area contributed by atoms with Gasteiger partial charge in [0.2, 0.25) is 0 Å². The standard InChI is InChI=1S/C15H14BrF2NO/c1-19-8-10-2-4-13(17)11(6-10)9-20-15-7-12(16)3-5-14(15)18/h2-7,19H,8-9H2,1H3.